The highest BCUT2D eigenvalue weighted by Gasteiger charge is 2.28. The summed E-state index contributed by atoms with van der Waals surface area (Å²) in [5.74, 6) is -0.477. The second-order valence-electron chi connectivity index (χ2n) is 5.19. The van der Waals surface area contributed by atoms with E-state index in [9.17, 15) is 9.18 Å². The van der Waals surface area contributed by atoms with Gasteiger partial charge in [-0.3, -0.25) is 4.79 Å². The fourth-order valence-electron chi connectivity index (χ4n) is 2.63. The summed E-state index contributed by atoms with van der Waals surface area (Å²) in [6.45, 7) is 0.879. The number of hydrogen-bond donors (Lipinski definition) is 2. The molecule has 1 heterocycles. The Morgan fingerprint density at radius 3 is 3.00 bits per heavy atom. The molecule has 1 aliphatic carbocycles. The van der Waals surface area contributed by atoms with Crippen LogP contribution in [0.5, 0.6) is 0 Å². The average molecular weight is 264 g/mol. The zero-order chi connectivity index (χ0) is 13.4. The first kappa shape index (κ1) is 12.6. The zero-order valence-electron chi connectivity index (χ0n) is 10.8. The Labute approximate surface area is 111 Å². The van der Waals surface area contributed by atoms with E-state index in [4.69, 9.17) is 4.74 Å². The van der Waals surface area contributed by atoms with Crippen molar-refractivity contribution in [3.63, 3.8) is 0 Å². The highest BCUT2D eigenvalue weighted by Crippen LogP contribution is 2.24. The van der Waals surface area contributed by atoms with Gasteiger partial charge >= 0.3 is 0 Å². The number of rotatable bonds is 4. The predicted molar refractivity (Wildman–Crippen MR) is 68.2 cm³/mol. The smallest absolute Gasteiger partial charge is 0.252 e. The van der Waals surface area contributed by atoms with Gasteiger partial charge in [0.05, 0.1) is 6.10 Å². The van der Waals surface area contributed by atoms with Gasteiger partial charge in [-0.15, -0.1) is 0 Å². The van der Waals surface area contributed by atoms with Crippen molar-refractivity contribution < 1.29 is 13.9 Å². The standard InChI is InChI=1S/C14H17FN2O2/c1-19-10-4-9(5-10)16-6-8-2-11-12(13(15)3-8)7-17-14(11)18/h2-3,9-10,16H,4-7H2,1H3,(H,17,18). The third kappa shape index (κ3) is 2.35. The number of hydrogen-bond acceptors (Lipinski definition) is 3. The maximum atomic E-state index is 13.8. The molecule has 3 rings (SSSR count). The lowest BCUT2D eigenvalue weighted by Gasteiger charge is -2.34. The first-order chi connectivity index (χ1) is 9.17. The minimum Gasteiger partial charge on any atom is -0.381 e. The van der Waals surface area contributed by atoms with E-state index in [1.54, 1.807) is 13.2 Å². The van der Waals surface area contributed by atoms with Crippen molar-refractivity contribution in [3.05, 3.63) is 34.6 Å². The van der Waals surface area contributed by atoms with Crippen molar-refractivity contribution >= 4 is 5.91 Å². The Bertz CT molecular complexity index is 512. The number of carbonyl (C=O) groups excluding carboxylic acids is 1. The molecule has 0 aromatic heterocycles. The van der Waals surface area contributed by atoms with Gasteiger partial charge in [-0.05, 0) is 30.5 Å². The number of ether oxygens (including phenoxy) is 1. The number of amides is 1. The summed E-state index contributed by atoms with van der Waals surface area (Å²) in [7, 11) is 1.72. The number of nitrogens with one attached hydrogen (secondary N) is 2. The van der Waals surface area contributed by atoms with Gasteiger partial charge in [-0.25, -0.2) is 4.39 Å². The number of halogens is 1. The van der Waals surface area contributed by atoms with Crippen LogP contribution in [0, 0.1) is 5.82 Å². The van der Waals surface area contributed by atoms with Gasteiger partial charge in [0.1, 0.15) is 5.82 Å². The molecule has 5 heteroatoms. The van der Waals surface area contributed by atoms with Gasteiger partial charge in [0, 0.05) is 37.4 Å². The van der Waals surface area contributed by atoms with E-state index in [2.05, 4.69) is 10.6 Å². The summed E-state index contributed by atoms with van der Waals surface area (Å²) in [5.41, 5.74) is 1.77. The Balaban J connectivity index is 1.64. The van der Waals surface area contributed by atoms with Crippen LogP contribution in [0.3, 0.4) is 0 Å². The molecule has 0 bridgehead atoms. The van der Waals surface area contributed by atoms with Crippen LogP contribution >= 0.6 is 0 Å². The molecular weight excluding hydrogens is 247 g/mol. The van der Waals surface area contributed by atoms with E-state index in [0.717, 1.165) is 18.4 Å². The maximum absolute atomic E-state index is 13.8. The van der Waals surface area contributed by atoms with Gasteiger partial charge in [-0.2, -0.15) is 0 Å². The molecule has 2 N–H and O–H groups in total. The SMILES string of the molecule is COC1CC(NCc2cc(F)c3c(c2)C(=O)NC3)C1. The minimum atomic E-state index is -0.295. The van der Waals surface area contributed by atoms with Crippen LogP contribution in [0.4, 0.5) is 4.39 Å². The van der Waals surface area contributed by atoms with Crippen LogP contribution in [-0.4, -0.2) is 25.2 Å². The number of carbonyl (C=O) groups is 1. The van der Waals surface area contributed by atoms with E-state index in [0.29, 0.717) is 36.4 Å². The van der Waals surface area contributed by atoms with Crippen LogP contribution in [0.15, 0.2) is 12.1 Å². The third-order valence-electron chi connectivity index (χ3n) is 3.95. The third-order valence-corrected chi connectivity index (χ3v) is 3.95. The lowest BCUT2D eigenvalue weighted by molar-refractivity contribution is 0.0170. The molecule has 0 atom stereocenters. The number of methoxy groups -OCH3 is 1. The van der Waals surface area contributed by atoms with Crippen molar-refractivity contribution in [2.75, 3.05) is 7.11 Å². The zero-order valence-corrected chi connectivity index (χ0v) is 10.8. The van der Waals surface area contributed by atoms with Gasteiger partial charge in [0.25, 0.3) is 5.91 Å². The molecule has 4 nitrogen and oxygen atoms in total. The van der Waals surface area contributed by atoms with E-state index in [1.807, 2.05) is 0 Å². The molecule has 2 aliphatic rings. The summed E-state index contributed by atoms with van der Waals surface area (Å²) in [6.07, 6.45) is 2.33. The lowest BCUT2D eigenvalue weighted by atomic mass is 9.89. The second-order valence-corrected chi connectivity index (χ2v) is 5.19. The van der Waals surface area contributed by atoms with E-state index in [-0.39, 0.29) is 11.7 Å². The Hall–Kier alpha value is -1.46. The largest absolute Gasteiger partial charge is 0.381 e. The molecule has 0 unspecified atom stereocenters. The molecule has 0 radical (unpaired) electrons. The molecule has 19 heavy (non-hydrogen) atoms. The van der Waals surface area contributed by atoms with Crippen LogP contribution in [0.1, 0.15) is 34.3 Å². The molecular formula is C14H17FN2O2. The lowest BCUT2D eigenvalue weighted by Crippen LogP contribution is -2.44. The molecule has 0 saturated heterocycles. The van der Waals surface area contributed by atoms with E-state index in [1.165, 1.54) is 6.07 Å². The molecule has 1 amide bonds. The first-order valence-electron chi connectivity index (χ1n) is 6.53. The Morgan fingerprint density at radius 2 is 2.26 bits per heavy atom. The quantitative estimate of drug-likeness (QED) is 0.862. The van der Waals surface area contributed by atoms with Crippen LogP contribution in [0.25, 0.3) is 0 Å². The van der Waals surface area contributed by atoms with Gasteiger partial charge in [0.2, 0.25) is 0 Å². The highest BCUT2D eigenvalue weighted by molar-refractivity contribution is 5.98. The molecule has 102 valence electrons. The van der Waals surface area contributed by atoms with Gasteiger partial charge in [0.15, 0.2) is 0 Å². The van der Waals surface area contributed by atoms with E-state index < -0.39 is 0 Å². The topological polar surface area (TPSA) is 50.4 Å². The summed E-state index contributed by atoms with van der Waals surface area (Å²) in [5, 5.41) is 5.99. The second kappa shape index (κ2) is 4.90. The Kier molecular flexibility index (Phi) is 3.24. The van der Waals surface area contributed by atoms with Crippen molar-refractivity contribution in [2.24, 2.45) is 0 Å². The first-order valence-corrected chi connectivity index (χ1v) is 6.53. The Morgan fingerprint density at radius 1 is 1.47 bits per heavy atom. The summed E-state index contributed by atoms with van der Waals surface area (Å²) >= 11 is 0. The molecule has 1 aromatic rings. The maximum Gasteiger partial charge on any atom is 0.252 e. The molecule has 1 saturated carbocycles. The number of benzene rings is 1. The van der Waals surface area contributed by atoms with Crippen LogP contribution in [-0.2, 0) is 17.8 Å². The molecule has 1 aromatic carbocycles. The van der Waals surface area contributed by atoms with Crippen molar-refractivity contribution in [1.82, 2.24) is 10.6 Å². The van der Waals surface area contributed by atoms with Crippen molar-refractivity contribution in [1.29, 1.82) is 0 Å². The average Bonchev–Trinajstić information content (AvgIpc) is 2.70. The van der Waals surface area contributed by atoms with Gasteiger partial charge in [-0.1, -0.05) is 0 Å². The molecule has 1 aliphatic heterocycles. The summed E-state index contributed by atoms with van der Waals surface area (Å²) < 4.78 is 19.0. The number of fused-ring (bicyclic) bond motifs is 1. The predicted octanol–water partition coefficient (Wildman–Crippen LogP) is 1.34. The van der Waals surface area contributed by atoms with Crippen molar-refractivity contribution in [2.45, 2.75) is 38.1 Å². The molecule has 1 fully saturated rings. The van der Waals surface area contributed by atoms with Crippen molar-refractivity contribution in [3.8, 4) is 0 Å². The fourth-order valence-corrected chi connectivity index (χ4v) is 2.63. The normalized spacial score (nSPS) is 24.8. The van der Waals surface area contributed by atoms with Crippen LogP contribution in [0.2, 0.25) is 0 Å². The van der Waals surface area contributed by atoms with E-state index >= 15 is 0 Å². The summed E-state index contributed by atoms with van der Waals surface area (Å²) in [4.78, 5) is 11.5. The fraction of sp³-hybridized carbons (Fsp3) is 0.500. The monoisotopic (exact) mass is 264 g/mol. The molecule has 0 spiro atoms. The minimum absolute atomic E-state index is 0.182. The highest BCUT2D eigenvalue weighted by atomic mass is 19.1. The van der Waals surface area contributed by atoms with Gasteiger partial charge < -0.3 is 15.4 Å². The summed E-state index contributed by atoms with van der Waals surface area (Å²) in [6, 6.07) is 3.72. The van der Waals surface area contributed by atoms with Crippen LogP contribution < -0.4 is 10.6 Å².